The minimum atomic E-state index is -0.106. The molecule has 0 bridgehead atoms. The monoisotopic (exact) mass is 483 g/mol. The van der Waals surface area contributed by atoms with Gasteiger partial charge in [0.25, 0.3) is 0 Å². The van der Waals surface area contributed by atoms with E-state index in [9.17, 15) is 0 Å². The molecule has 0 spiro atoms. The smallest absolute Gasteiger partial charge is 0.153 e. The van der Waals surface area contributed by atoms with Crippen molar-refractivity contribution >= 4 is 22.4 Å². The topological polar surface area (TPSA) is 30.3 Å². The van der Waals surface area contributed by atoms with Gasteiger partial charge in [-0.05, 0) is 35.9 Å². The van der Waals surface area contributed by atoms with E-state index in [0.717, 1.165) is 46.2 Å². The molecule has 0 saturated heterocycles. The Kier molecular flexibility index (Phi) is 4.01. The lowest BCUT2D eigenvalue weighted by atomic mass is 9.51. The number of imidazole rings is 1. The summed E-state index contributed by atoms with van der Waals surface area (Å²) >= 11 is 0. The van der Waals surface area contributed by atoms with E-state index < -0.39 is 0 Å². The third-order valence-corrected chi connectivity index (χ3v) is 9.49. The number of hydrogen-bond donors (Lipinski definition) is 0. The van der Waals surface area contributed by atoms with Gasteiger partial charge in [-0.3, -0.25) is 4.57 Å². The molecule has 37 heavy (non-hydrogen) atoms. The lowest BCUT2D eigenvalue weighted by Gasteiger charge is -2.53. The average Bonchev–Trinajstić information content (AvgIpc) is 3.45. The molecule has 4 unspecified atom stereocenters. The van der Waals surface area contributed by atoms with Gasteiger partial charge >= 0.3 is 0 Å². The molecular weight excluding hydrogens is 454 g/mol. The molecule has 0 radical (unpaired) electrons. The van der Waals surface area contributed by atoms with E-state index >= 15 is 0 Å². The molecule has 4 aliphatic rings. The molecule has 1 aromatic heterocycles. The van der Waals surface area contributed by atoms with Gasteiger partial charge in [0, 0.05) is 28.9 Å². The molecule has 8 rings (SSSR count). The second-order valence-corrected chi connectivity index (χ2v) is 11.0. The van der Waals surface area contributed by atoms with Gasteiger partial charge in [-0.25, -0.2) is 4.98 Å². The molecular formula is C33H29N3O. The highest BCUT2D eigenvalue weighted by Gasteiger charge is 2.60. The fourth-order valence-electron chi connectivity index (χ4n) is 7.42. The van der Waals surface area contributed by atoms with Gasteiger partial charge in [0.15, 0.2) is 11.5 Å². The molecule has 0 saturated carbocycles. The molecule has 3 heterocycles. The van der Waals surface area contributed by atoms with Gasteiger partial charge in [-0.2, -0.15) is 0 Å². The van der Waals surface area contributed by atoms with E-state index in [4.69, 9.17) is 9.72 Å². The minimum Gasteiger partial charge on any atom is -0.453 e. The second-order valence-electron chi connectivity index (χ2n) is 11.0. The van der Waals surface area contributed by atoms with E-state index in [1.54, 1.807) is 0 Å². The molecule has 0 N–H and O–H groups in total. The van der Waals surface area contributed by atoms with Gasteiger partial charge in [0.2, 0.25) is 0 Å². The largest absolute Gasteiger partial charge is 0.453 e. The summed E-state index contributed by atoms with van der Waals surface area (Å²) in [6.07, 6.45) is 14.9. The van der Waals surface area contributed by atoms with Gasteiger partial charge < -0.3 is 9.64 Å². The molecule has 3 aromatic carbocycles. The van der Waals surface area contributed by atoms with E-state index in [-0.39, 0.29) is 16.9 Å². The molecule has 4 aromatic rings. The van der Waals surface area contributed by atoms with Crippen LogP contribution >= 0.6 is 0 Å². The second kappa shape index (κ2) is 7.04. The Morgan fingerprint density at radius 2 is 1.65 bits per heavy atom. The van der Waals surface area contributed by atoms with Crippen LogP contribution in [0.3, 0.4) is 0 Å². The first-order valence-corrected chi connectivity index (χ1v) is 13.3. The standard InChI is InChI=1S/C33H29N3O/c1-4-29-34-30-25(17-18-27-31(30)36(29)24-14-7-8-15-26(24)37-27)35-23-13-6-5-12-22(23)33(3)28(35)19-16-21-11-9-10-20-32(21,33)2/h5-21,28H,4H2,1-3H3. The number of nitrogens with zero attached hydrogens (tertiary/aromatic N) is 3. The fourth-order valence-corrected chi connectivity index (χ4v) is 7.42. The lowest BCUT2D eigenvalue weighted by molar-refractivity contribution is 0.158. The van der Waals surface area contributed by atoms with E-state index in [1.165, 1.54) is 11.3 Å². The molecule has 0 fully saturated rings. The number of ether oxygens (including phenoxy) is 1. The fraction of sp³-hybridized carbons (Fsp3) is 0.242. The molecule has 0 amide bonds. The summed E-state index contributed by atoms with van der Waals surface area (Å²) < 4.78 is 8.70. The van der Waals surface area contributed by atoms with E-state index in [2.05, 4.69) is 115 Å². The van der Waals surface area contributed by atoms with Crippen molar-refractivity contribution in [3.63, 3.8) is 0 Å². The van der Waals surface area contributed by atoms with Crippen molar-refractivity contribution in [3.05, 3.63) is 109 Å². The summed E-state index contributed by atoms with van der Waals surface area (Å²) in [5, 5.41) is 0. The third-order valence-electron chi connectivity index (χ3n) is 9.49. The zero-order valence-corrected chi connectivity index (χ0v) is 21.3. The van der Waals surface area contributed by atoms with Crippen LogP contribution < -0.4 is 9.64 Å². The number of rotatable bonds is 2. The highest BCUT2D eigenvalue weighted by Crippen LogP contribution is 2.63. The van der Waals surface area contributed by atoms with Crippen LogP contribution in [0.1, 0.15) is 32.2 Å². The average molecular weight is 484 g/mol. The quantitative estimate of drug-likeness (QED) is 0.240. The van der Waals surface area contributed by atoms with Crippen molar-refractivity contribution in [2.24, 2.45) is 11.3 Å². The Morgan fingerprint density at radius 3 is 2.51 bits per heavy atom. The predicted molar refractivity (Wildman–Crippen MR) is 149 cm³/mol. The van der Waals surface area contributed by atoms with Gasteiger partial charge in [-0.15, -0.1) is 0 Å². The van der Waals surface area contributed by atoms with Crippen LogP contribution in [-0.2, 0) is 11.8 Å². The molecule has 4 heteroatoms. The SMILES string of the molecule is CCc1nc2c(N3c4ccccc4C4(C)C3C=CC3C=CC=CC34C)ccc3c2n1-c1ccccc1O3. The normalized spacial score (nSPS) is 28.0. The van der Waals surface area contributed by atoms with Gasteiger partial charge in [-0.1, -0.05) is 87.6 Å². The number of fused-ring (bicyclic) bond motifs is 7. The van der Waals surface area contributed by atoms with E-state index in [1.807, 2.05) is 12.1 Å². The first-order valence-electron chi connectivity index (χ1n) is 13.3. The Labute approximate surface area is 217 Å². The van der Waals surface area contributed by atoms with Crippen LogP contribution in [-0.4, -0.2) is 15.6 Å². The number of aromatic nitrogens is 2. The summed E-state index contributed by atoms with van der Waals surface area (Å²) in [4.78, 5) is 7.81. The van der Waals surface area contributed by atoms with Crippen molar-refractivity contribution in [1.29, 1.82) is 0 Å². The van der Waals surface area contributed by atoms with Crippen LogP contribution in [0.25, 0.3) is 16.7 Å². The molecule has 2 aliphatic carbocycles. The molecule has 182 valence electrons. The summed E-state index contributed by atoms with van der Waals surface area (Å²) in [6, 6.07) is 21.7. The Hall–Kier alpha value is -4.05. The first kappa shape index (κ1) is 21.1. The van der Waals surface area contributed by atoms with Gasteiger partial charge in [0.1, 0.15) is 16.9 Å². The number of aryl methyl sites for hydroxylation is 1. The molecule has 4 atom stereocenters. The Balaban J connectivity index is 1.41. The van der Waals surface area contributed by atoms with Crippen molar-refractivity contribution in [3.8, 4) is 17.2 Å². The van der Waals surface area contributed by atoms with Gasteiger partial charge in [0.05, 0.1) is 17.4 Å². The zero-order valence-electron chi connectivity index (χ0n) is 21.3. The number of anilines is 2. The van der Waals surface area contributed by atoms with Crippen LogP contribution in [0, 0.1) is 11.3 Å². The summed E-state index contributed by atoms with van der Waals surface area (Å²) in [7, 11) is 0. The maximum Gasteiger partial charge on any atom is 0.153 e. The molecule has 4 nitrogen and oxygen atoms in total. The Morgan fingerprint density at radius 1 is 0.838 bits per heavy atom. The van der Waals surface area contributed by atoms with Crippen LogP contribution in [0.2, 0.25) is 0 Å². The number of para-hydroxylation sites is 3. The van der Waals surface area contributed by atoms with E-state index in [0.29, 0.717) is 5.92 Å². The van der Waals surface area contributed by atoms with Crippen molar-refractivity contribution < 1.29 is 4.74 Å². The van der Waals surface area contributed by atoms with Crippen molar-refractivity contribution in [2.75, 3.05) is 4.90 Å². The highest BCUT2D eigenvalue weighted by molar-refractivity contribution is 5.99. The van der Waals surface area contributed by atoms with Crippen molar-refractivity contribution in [2.45, 2.75) is 38.6 Å². The molecule has 2 aliphatic heterocycles. The van der Waals surface area contributed by atoms with Crippen LogP contribution in [0.4, 0.5) is 11.4 Å². The summed E-state index contributed by atoms with van der Waals surface area (Å²) in [6.45, 7) is 7.07. The summed E-state index contributed by atoms with van der Waals surface area (Å²) in [5.41, 5.74) is 6.79. The highest BCUT2D eigenvalue weighted by atomic mass is 16.5. The Bertz CT molecular complexity index is 1710. The number of allylic oxidation sites excluding steroid dienone is 5. The maximum absolute atomic E-state index is 6.40. The number of benzene rings is 3. The number of hydrogen-bond acceptors (Lipinski definition) is 3. The van der Waals surface area contributed by atoms with Crippen LogP contribution in [0.15, 0.2) is 97.1 Å². The maximum atomic E-state index is 6.40. The third kappa shape index (κ3) is 2.41. The zero-order chi connectivity index (χ0) is 24.9. The van der Waals surface area contributed by atoms with Crippen LogP contribution in [0.5, 0.6) is 11.5 Å². The first-order chi connectivity index (χ1) is 18.1. The summed E-state index contributed by atoms with van der Waals surface area (Å²) in [5.74, 6) is 3.17. The lowest BCUT2D eigenvalue weighted by Crippen LogP contribution is -2.55. The predicted octanol–water partition coefficient (Wildman–Crippen LogP) is 7.79. The van der Waals surface area contributed by atoms with Crippen molar-refractivity contribution in [1.82, 2.24) is 9.55 Å². The minimum absolute atomic E-state index is 0.0352.